The lowest BCUT2D eigenvalue weighted by Crippen LogP contribution is -2.18. The van der Waals surface area contributed by atoms with Crippen molar-refractivity contribution >= 4 is 34.4 Å². The average Bonchev–Trinajstić information content (AvgIpc) is 3.01. The van der Waals surface area contributed by atoms with Crippen molar-refractivity contribution in [1.82, 2.24) is 9.55 Å². The molecule has 0 radical (unpaired) electrons. The first-order chi connectivity index (χ1) is 9.74. The van der Waals surface area contributed by atoms with E-state index in [9.17, 15) is 0 Å². The predicted molar refractivity (Wildman–Crippen MR) is 89.1 cm³/mol. The summed E-state index contributed by atoms with van der Waals surface area (Å²) in [5, 5.41) is 0.711. The highest BCUT2D eigenvalue weighted by Crippen LogP contribution is 2.40. The van der Waals surface area contributed by atoms with Gasteiger partial charge in [-0.15, -0.1) is 11.6 Å². The van der Waals surface area contributed by atoms with Crippen LogP contribution in [0.15, 0.2) is 18.2 Å². The largest absolute Gasteiger partial charge is 0.324 e. The molecule has 1 aromatic carbocycles. The maximum absolute atomic E-state index is 5.99. The second-order valence-electron chi connectivity index (χ2n) is 5.60. The van der Waals surface area contributed by atoms with Crippen LogP contribution in [0.1, 0.15) is 36.7 Å². The van der Waals surface area contributed by atoms with Crippen LogP contribution in [0.25, 0.3) is 11.0 Å². The molecule has 4 heteroatoms. The first kappa shape index (κ1) is 14.3. The molecule has 0 aliphatic heterocycles. The average molecular weight is 309 g/mol. The molecule has 1 fully saturated rings. The molecule has 0 spiro atoms. The topological polar surface area (TPSA) is 17.8 Å². The second kappa shape index (κ2) is 5.98. The predicted octanol–water partition coefficient (Wildman–Crippen LogP) is 4.58. The van der Waals surface area contributed by atoms with Crippen LogP contribution in [-0.4, -0.2) is 26.9 Å². The van der Waals surface area contributed by atoms with Crippen LogP contribution in [-0.2, 0) is 6.42 Å². The molecule has 2 nitrogen and oxygen atoms in total. The summed E-state index contributed by atoms with van der Waals surface area (Å²) in [6.45, 7) is 2.12. The second-order valence-corrected chi connectivity index (χ2v) is 7.06. The highest BCUT2D eigenvalue weighted by atomic mass is 35.5. The number of thioether (sulfide) groups is 1. The summed E-state index contributed by atoms with van der Waals surface area (Å²) in [6.07, 6.45) is 6.99. The number of aryl methyl sites for hydroxylation is 2. The Labute approximate surface area is 129 Å². The Morgan fingerprint density at radius 3 is 3.00 bits per heavy atom. The fraction of sp³-hybridized carbons (Fsp3) is 0.562. The summed E-state index contributed by atoms with van der Waals surface area (Å²) >= 11 is 7.98. The number of aromatic nitrogens is 2. The van der Waals surface area contributed by atoms with E-state index in [1.807, 2.05) is 11.8 Å². The molecule has 2 unspecified atom stereocenters. The molecule has 0 N–H and O–H groups in total. The normalized spacial score (nSPS) is 22.8. The van der Waals surface area contributed by atoms with Gasteiger partial charge in [-0.1, -0.05) is 12.5 Å². The van der Waals surface area contributed by atoms with Gasteiger partial charge in [0.05, 0.1) is 11.0 Å². The van der Waals surface area contributed by atoms with E-state index in [-0.39, 0.29) is 0 Å². The van der Waals surface area contributed by atoms with E-state index in [0.717, 1.165) is 17.8 Å². The molecular formula is C16H21ClN2S. The maximum Gasteiger partial charge on any atom is 0.111 e. The maximum atomic E-state index is 5.99. The quantitative estimate of drug-likeness (QED) is 0.769. The third kappa shape index (κ3) is 2.46. The van der Waals surface area contributed by atoms with E-state index >= 15 is 0 Å². The van der Waals surface area contributed by atoms with Crippen LogP contribution in [0, 0.1) is 6.92 Å². The van der Waals surface area contributed by atoms with Crippen LogP contribution in [0.5, 0.6) is 0 Å². The van der Waals surface area contributed by atoms with E-state index in [2.05, 4.69) is 35.9 Å². The molecule has 20 heavy (non-hydrogen) atoms. The summed E-state index contributed by atoms with van der Waals surface area (Å²) in [5.74, 6) is 1.80. The van der Waals surface area contributed by atoms with Gasteiger partial charge in [-0.05, 0) is 43.7 Å². The van der Waals surface area contributed by atoms with Crippen LogP contribution >= 0.6 is 23.4 Å². The van der Waals surface area contributed by atoms with Crippen LogP contribution in [0.4, 0.5) is 0 Å². The standard InChI is InChI=1S/C16H21ClN2S/c1-11-6-7-13-12(10-11)18-16(8-9-17)19(13)14-4-3-5-15(14)20-2/h6-7,10,14-15H,3-5,8-9H2,1-2H3. The number of hydrogen-bond acceptors (Lipinski definition) is 2. The minimum absolute atomic E-state index is 0.580. The van der Waals surface area contributed by atoms with Crippen molar-refractivity contribution in [1.29, 1.82) is 0 Å². The van der Waals surface area contributed by atoms with Gasteiger partial charge in [0.25, 0.3) is 0 Å². The first-order valence-corrected chi connectivity index (χ1v) is 9.13. The summed E-state index contributed by atoms with van der Waals surface area (Å²) in [7, 11) is 0. The van der Waals surface area contributed by atoms with Gasteiger partial charge in [0.15, 0.2) is 0 Å². The lowest BCUT2D eigenvalue weighted by Gasteiger charge is -2.22. The Kier molecular flexibility index (Phi) is 4.27. The van der Waals surface area contributed by atoms with Gasteiger partial charge in [-0.2, -0.15) is 11.8 Å². The molecular weight excluding hydrogens is 288 g/mol. The highest BCUT2D eigenvalue weighted by Gasteiger charge is 2.30. The molecule has 3 rings (SSSR count). The molecule has 0 bridgehead atoms. The Bertz CT molecular complexity index is 608. The van der Waals surface area contributed by atoms with Gasteiger partial charge in [0.2, 0.25) is 0 Å². The van der Waals surface area contributed by atoms with Gasteiger partial charge in [0, 0.05) is 23.6 Å². The molecule has 1 saturated carbocycles. The Morgan fingerprint density at radius 1 is 1.40 bits per heavy atom. The Morgan fingerprint density at radius 2 is 2.25 bits per heavy atom. The minimum Gasteiger partial charge on any atom is -0.324 e. The third-order valence-corrected chi connectivity index (χ3v) is 5.63. The number of rotatable bonds is 4. The fourth-order valence-electron chi connectivity index (χ4n) is 3.37. The monoisotopic (exact) mass is 308 g/mol. The van der Waals surface area contributed by atoms with E-state index in [0.29, 0.717) is 17.2 Å². The zero-order valence-corrected chi connectivity index (χ0v) is 13.7. The number of imidazole rings is 1. The molecule has 0 amide bonds. The van der Waals surface area contributed by atoms with E-state index in [4.69, 9.17) is 16.6 Å². The van der Waals surface area contributed by atoms with Crippen molar-refractivity contribution in [2.45, 2.75) is 43.9 Å². The summed E-state index contributed by atoms with van der Waals surface area (Å²) < 4.78 is 2.48. The van der Waals surface area contributed by atoms with Crippen molar-refractivity contribution in [3.05, 3.63) is 29.6 Å². The van der Waals surface area contributed by atoms with E-state index < -0.39 is 0 Å². The van der Waals surface area contributed by atoms with Crippen molar-refractivity contribution in [3.8, 4) is 0 Å². The molecule has 1 aliphatic carbocycles. The number of halogens is 1. The van der Waals surface area contributed by atoms with Gasteiger partial charge in [-0.3, -0.25) is 0 Å². The molecule has 2 aromatic rings. The van der Waals surface area contributed by atoms with Crippen LogP contribution < -0.4 is 0 Å². The zero-order valence-electron chi connectivity index (χ0n) is 12.1. The number of fused-ring (bicyclic) bond motifs is 1. The SMILES string of the molecule is CSC1CCCC1n1c(CCCl)nc2cc(C)ccc21. The minimum atomic E-state index is 0.580. The van der Waals surface area contributed by atoms with Crippen molar-refractivity contribution in [2.75, 3.05) is 12.1 Å². The molecule has 0 saturated heterocycles. The Balaban J connectivity index is 2.13. The number of nitrogens with zero attached hydrogens (tertiary/aromatic N) is 2. The number of alkyl halides is 1. The van der Waals surface area contributed by atoms with Crippen LogP contribution in [0.2, 0.25) is 0 Å². The van der Waals surface area contributed by atoms with Gasteiger partial charge >= 0.3 is 0 Å². The summed E-state index contributed by atoms with van der Waals surface area (Å²) in [6, 6.07) is 7.18. The van der Waals surface area contributed by atoms with Crippen molar-refractivity contribution < 1.29 is 0 Å². The van der Waals surface area contributed by atoms with Gasteiger partial charge in [-0.25, -0.2) is 4.98 Å². The molecule has 1 aromatic heterocycles. The molecule has 2 atom stereocenters. The lowest BCUT2D eigenvalue weighted by atomic mass is 10.2. The molecule has 108 valence electrons. The zero-order chi connectivity index (χ0) is 14.1. The Hall–Kier alpha value is -0.670. The van der Waals surface area contributed by atoms with Crippen LogP contribution in [0.3, 0.4) is 0 Å². The molecule has 1 aliphatic rings. The van der Waals surface area contributed by atoms with Crippen molar-refractivity contribution in [2.24, 2.45) is 0 Å². The fourth-order valence-corrected chi connectivity index (χ4v) is 4.51. The third-order valence-electron chi connectivity index (χ3n) is 4.29. The number of hydrogen-bond donors (Lipinski definition) is 0. The van der Waals surface area contributed by atoms with Gasteiger partial charge < -0.3 is 4.57 Å². The highest BCUT2D eigenvalue weighted by molar-refractivity contribution is 7.99. The number of benzene rings is 1. The summed E-state index contributed by atoms with van der Waals surface area (Å²) in [5.41, 5.74) is 3.67. The smallest absolute Gasteiger partial charge is 0.111 e. The van der Waals surface area contributed by atoms with Crippen molar-refractivity contribution in [3.63, 3.8) is 0 Å². The summed E-state index contributed by atoms with van der Waals surface area (Å²) in [4.78, 5) is 4.85. The molecule has 1 heterocycles. The van der Waals surface area contributed by atoms with E-state index in [1.54, 1.807) is 0 Å². The first-order valence-electron chi connectivity index (χ1n) is 7.31. The van der Waals surface area contributed by atoms with Gasteiger partial charge in [0.1, 0.15) is 5.82 Å². The van der Waals surface area contributed by atoms with E-state index in [1.165, 1.54) is 30.3 Å². The lowest BCUT2D eigenvalue weighted by molar-refractivity contribution is 0.522.